The molecule has 0 bridgehead atoms. The average Bonchev–Trinajstić information content (AvgIpc) is 3.24. The Hall–Kier alpha value is -2.94. The molecule has 0 aromatic carbocycles. The summed E-state index contributed by atoms with van der Waals surface area (Å²) in [6.07, 6.45) is 2.61. The SMILES string of the molecule is CCn1nc(C)cc1C(=O)Nc1nc2c(n1CCC(C)C)C(OC)CC(C(N)=O)=C2. The molecule has 9 nitrogen and oxygen atoms in total. The molecule has 1 aliphatic carbocycles. The van der Waals surface area contributed by atoms with Crippen LogP contribution in [0.5, 0.6) is 0 Å². The Bertz CT molecular complexity index is 985. The van der Waals surface area contributed by atoms with Crippen molar-refractivity contribution in [3.8, 4) is 0 Å². The minimum atomic E-state index is -0.493. The minimum Gasteiger partial charge on any atom is -0.375 e. The van der Waals surface area contributed by atoms with Gasteiger partial charge < -0.3 is 15.0 Å². The van der Waals surface area contributed by atoms with Crippen molar-refractivity contribution < 1.29 is 14.3 Å². The molecule has 1 atom stereocenters. The third-order valence-corrected chi connectivity index (χ3v) is 5.25. The lowest BCUT2D eigenvalue weighted by Gasteiger charge is -2.23. The second kappa shape index (κ2) is 8.83. The molecule has 1 unspecified atom stereocenters. The second-order valence-electron chi connectivity index (χ2n) is 7.94. The number of nitrogens with two attached hydrogens (primary N) is 1. The van der Waals surface area contributed by atoms with Gasteiger partial charge in [0.25, 0.3) is 5.91 Å². The predicted molar refractivity (Wildman–Crippen MR) is 114 cm³/mol. The summed E-state index contributed by atoms with van der Waals surface area (Å²) in [4.78, 5) is 29.4. The van der Waals surface area contributed by atoms with Crippen molar-refractivity contribution in [1.82, 2.24) is 19.3 Å². The van der Waals surface area contributed by atoms with Crippen molar-refractivity contribution in [2.24, 2.45) is 11.7 Å². The number of aryl methyl sites for hydroxylation is 2. The molecule has 3 rings (SSSR count). The first-order valence-corrected chi connectivity index (χ1v) is 10.2. The number of fused-ring (bicyclic) bond motifs is 1. The van der Waals surface area contributed by atoms with E-state index in [1.165, 1.54) is 0 Å². The minimum absolute atomic E-state index is 0.279. The van der Waals surface area contributed by atoms with E-state index in [-0.39, 0.29) is 12.0 Å². The standard InChI is InChI=1S/C21H30N6O3/c1-6-27-16(9-13(4)25-27)20(29)24-21-23-15-10-14(19(22)28)11-17(30-5)18(15)26(21)8-7-12(2)3/h9-10,12,17H,6-8,11H2,1-5H3,(H2,22,28)(H,23,24,29). The first kappa shape index (κ1) is 21.8. The van der Waals surface area contributed by atoms with E-state index in [0.717, 1.165) is 17.8 Å². The zero-order chi connectivity index (χ0) is 22.0. The molecule has 3 N–H and O–H groups in total. The highest BCUT2D eigenvalue weighted by Crippen LogP contribution is 2.36. The second-order valence-corrected chi connectivity index (χ2v) is 7.94. The van der Waals surface area contributed by atoms with Crippen LogP contribution in [0.25, 0.3) is 6.08 Å². The molecule has 2 heterocycles. The van der Waals surface area contributed by atoms with Gasteiger partial charge in [-0.25, -0.2) is 4.98 Å². The fraction of sp³-hybridized carbons (Fsp3) is 0.524. The van der Waals surface area contributed by atoms with E-state index in [1.54, 1.807) is 23.9 Å². The number of carbonyl (C=O) groups is 2. The van der Waals surface area contributed by atoms with Crippen molar-refractivity contribution in [3.63, 3.8) is 0 Å². The lowest BCUT2D eigenvalue weighted by molar-refractivity contribution is -0.115. The summed E-state index contributed by atoms with van der Waals surface area (Å²) in [5.74, 6) is 0.124. The fourth-order valence-corrected chi connectivity index (χ4v) is 3.66. The van der Waals surface area contributed by atoms with Gasteiger partial charge in [0, 0.05) is 32.2 Å². The first-order chi connectivity index (χ1) is 14.2. The van der Waals surface area contributed by atoms with Gasteiger partial charge in [0.2, 0.25) is 11.9 Å². The Morgan fingerprint density at radius 3 is 2.73 bits per heavy atom. The van der Waals surface area contributed by atoms with E-state index >= 15 is 0 Å². The maximum Gasteiger partial charge on any atom is 0.276 e. The highest BCUT2D eigenvalue weighted by atomic mass is 16.5. The topological polar surface area (TPSA) is 117 Å². The monoisotopic (exact) mass is 414 g/mol. The molecular formula is C21H30N6O3. The molecule has 0 fully saturated rings. The van der Waals surface area contributed by atoms with Crippen LogP contribution in [0.4, 0.5) is 5.95 Å². The number of aromatic nitrogens is 4. The van der Waals surface area contributed by atoms with Gasteiger partial charge in [0.05, 0.1) is 17.1 Å². The number of methoxy groups -OCH3 is 1. The van der Waals surface area contributed by atoms with Crippen LogP contribution in [0.2, 0.25) is 0 Å². The number of rotatable bonds is 8. The highest BCUT2D eigenvalue weighted by Gasteiger charge is 2.31. The van der Waals surface area contributed by atoms with Gasteiger partial charge in [-0.2, -0.15) is 5.10 Å². The molecule has 2 aromatic rings. The van der Waals surface area contributed by atoms with E-state index in [1.807, 2.05) is 18.4 Å². The Morgan fingerprint density at radius 2 is 2.13 bits per heavy atom. The largest absolute Gasteiger partial charge is 0.375 e. The molecule has 1 aliphatic rings. The molecule has 0 spiro atoms. The number of hydrogen-bond donors (Lipinski definition) is 2. The molecule has 2 amide bonds. The maximum absolute atomic E-state index is 13.0. The number of anilines is 1. The molecule has 9 heteroatoms. The molecule has 0 aliphatic heterocycles. The molecule has 0 radical (unpaired) electrons. The van der Waals surface area contributed by atoms with Gasteiger partial charge in [-0.15, -0.1) is 0 Å². The summed E-state index contributed by atoms with van der Waals surface area (Å²) < 4.78 is 9.30. The molecule has 0 saturated heterocycles. The zero-order valence-electron chi connectivity index (χ0n) is 18.2. The van der Waals surface area contributed by atoms with Crippen molar-refractivity contribution in [1.29, 1.82) is 0 Å². The zero-order valence-corrected chi connectivity index (χ0v) is 18.2. The van der Waals surface area contributed by atoms with Crippen LogP contribution in [-0.2, 0) is 22.6 Å². The van der Waals surface area contributed by atoms with Gasteiger partial charge in [-0.3, -0.25) is 19.6 Å². The van der Waals surface area contributed by atoms with Crippen molar-refractivity contribution in [2.45, 2.75) is 59.7 Å². The summed E-state index contributed by atoms with van der Waals surface area (Å²) in [5.41, 5.74) is 8.65. The lowest BCUT2D eigenvalue weighted by atomic mass is 9.96. The number of imidazole rings is 1. The number of carbonyl (C=O) groups excluding carboxylic acids is 2. The van der Waals surface area contributed by atoms with Crippen molar-refractivity contribution in [2.75, 3.05) is 12.4 Å². The van der Waals surface area contributed by atoms with Crippen molar-refractivity contribution >= 4 is 23.8 Å². The van der Waals surface area contributed by atoms with Crippen LogP contribution in [0.3, 0.4) is 0 Å². The fourth-order valence-electron chi connectivity index (χ4n) is 3.66. The molecular weight excluding hydrogens is 384 g/mol. The number of primary amides is 1. The van der Waals surface area contributed by atoms with Crippen LogP contribution in [-0.4, -0.2) is 38.3 Å². The molecule has 2 aromatic heterocycles. The predicted octanol–water partition coefficient (Wildman–Crippen LogP) is 2.67. The van der Waals surface area contributed by atoms with E-state index in [9.17, 15) is 9.59 Å². The Morgan fingerprint density at radius 1 is 1.40 bits per heavy atom. The maximum atomic E-state index is 13.0. The lowest BCUT2D eigenvalue weighted by Crippen LogP contribution is -2.23. The Balaban J connectivity index is 2.03. The number of hydrogen-bond acceptors (Lipinski definition) is 5. The molecule has 162 valence electrons. The van der Waals surface area contributed by atoms with E-state index in [0.29, 0.717) is 48.3 Å². The summed E-state index contributed by atoms with van der Waals surface area (Å²) in [5, 5.41) is 7.28. The summed E-state index contributed by atoms with van der Waals surface area (Å²) >= 11 is 0. The summed E-state index contributed by atoms with van der Waals surface area (Å²) in [7, 11) is 1.60. The van der Waals surface area contributed by atoms with Crippen molar-refractivity contribution in [3.05, 3.63) is 34.4 Å². The van der Waals surface area contributed by atoms with Crippen LogP contribution >= 0.6 is 0 Å². The van der Waals surface area contributed by atoms with Gasteiger partial charge >= 0.3 is 0 Å². The van der Waals surface area contributed by atoms with Gasteiger partial charge in [0.1, 0.15) is 11.8 Å². The third kappa shape index (κ3) is 4.30. The number of nitrogens with zero attached hydrogens (tertiary/aromatic N) is 4. The Labute approximate surface area is 176 Å². The van der Waals surface area contributed by atoms with Crippen LogP contribution in [0, 0.1) is 12.8 Å². The smallest absolute Gasteiger partial charge is 0.276 e. The Kier molecular flexibility index (Phi) is 6.40. The third-order valence-electron chi connectivity index (χ3n) is 5.25. The normalized spacial score (nSPS) is 15.8. The number of ether oxygens (including phenoxy) is 1. The quantitative estimate of drug-likeness (QED) is 0.689. The number of amides is 2. The van der Waals surface area contributed by atoms with Crippen LogP contribution < -0.4 is 11.1 Å². The van der Waals surface area contributed by atoms with Gasteiger partial charge in [-0.05, 0) is 38.3 Å². The summed E-state index contributed by atoms with van der Waals surface area (Å²) in [6, 6.07) is 1.75. The van der Waals surface area contributed by atoms with E-state index in [4.69, 9.17) is 10.5 Å². The summed E-state index contributed by atoms with van der Waals surface area (Å²) in [6.45, 7) is 9.33. The molecule has 0 saturated carbocycles. The van der Waals surface area contributed by atoms with Gasteiger partial charge in [-0.1, -0.05) is 13.8 Å². The average molecular weight is 415 g/mol. The highest BCUT2D eigenvalue weighted by molar-refractivity contribution is 6.02. The number of nitrogens with one attached hydrogen (secondary N) is 1. The molecule has 30 heavy (non-hydrogen) atoms. The van der Waals surface area contributed by atoms with E-state index < -0.39 is 5.91 Å². The van der Waals surface area contributed by atoms with Crippen LogP contribution in [0.15, 0.2) is 11.6 Å². The van der Waals surface area contributed by atoms with E-state index in [2.05, 4.69) is 29.2 Å². The first-order valence-electron chi connectivity index (χ1n) is 10.2. The van der Waals surface area contributed by atoms with Crippen LogP contribution in [0.1, 0.15) is 67.3 Å². The van der Waals surface area contributed by atoms with Gasteiger partial charge in [0.15, 0.2) is 0 Å².